The SMILES string of the molecule is Cc1cc(C2=CC(O)CNC2)co1. The minimum absolute atomic E-state index is 0.376. The summed E-state index contributed by atoms with van der Waals surface area (Å²) >= 11 is 0. The van der Waals surface area contributed by atoms with Crippen molar-refractivity contribution in [2.24, 2.45) is 0 Å². The lowest BCUT2D eigenvalue weighted by Crippen LogP contribution is -2.31. The molecule has 1 aromatic heterocycles. The fourth-order valence-electron chi connectivity index (χ4n) is 1.51. The Morgan fingerprint density at radius 1 is 1.62 bits per heavy atom. The average molecular weight is 179 g/mol. The van der Waals surface area contributed by atoms with E-state index in [2.05, 4.69) is 5.32 Å². The van der Waals surface area contributed by atoms with Crippen LogP contribution in [0.3, 0.4) is 0 Å². The smallest absolute Gasteiger partial charge is 0.101 e. The molecule has 0 saturated heterocycles. The molecular formula is C10H13NO2. The molecule has 1 aliphatic heterocycles. The molecule has 2 heterocycles. The summed E-state index contributed by atoms with van der Waals surface area (Å²) in [5.41, 5.74) is 2.17. The Bertz CT molecular complexity index is 327. The molecule has 1 aliphatic rings. The van der Waals surface area contributed by atoms with Crippen LogP contribution in [0.2, 0.25) is 0 Å². The molecule has 3 heteroatoms. The van der Waals surface area contributed by atoms with Gasteiger partial charge in [-0.05, 0) is 24.6 Å². The maximum atomic E-state index is 9.38. The van der Waals surface area contributed by atoms with Gasteiger partial charge >= 0.3 is 0 Å². The zero-order chi connectivity index (χ0) is 9.26. The fourth-order valence-corrected chi connectivity index (χ4v) is 1.51. The lowest BCUT2D eigenvalue weighted by atomic mass is 10.0. The molecule has 0 aliphatic carbocycles. The quantitative estimate of drug-likeness (QED) is 0.674. The molecule has 1 aromatic rings. The van der Waals surface area contributed by atoms with Crippen molar-refractivity contribution in [2.75, 3.05) is 13.1 Å². The van der Waals surface area contributed by atoms with Gasteiger partial charge in [0.05, 0.1) is 12.4 Å². The summed E-state index contributed by atoms with van der Waals surface area (Å²) in [5.74, 6) is 0.899. The normalized spacial score (nSPS) is 22.9. The molecule has 13 heavy (non-hydrogen) atoms. The van der Waals surface area contributed by atoms with Crippen molar-refractivity contribution in [3.8, 4) is 0 Å². The zero-order valence-electron chi connectivity index (χ0n) is 7.58. The lowest BCUT2D eigenvalue weighted by molar-refractivity contribution is 0.217. The van der Waals surface area contributed by atoms with Crippen molar-refractivity contribution in [2.45, 2.75) is 13.0 Å². The van der Waals surface area contributed by atoms with Gasteiger partial charge in [-0.2, -0.15) is 0 Å². The number of hydrogen-bond donors (Lipinski definition) is 2. The second-order valence-electron chi connectivity index (χ2n) is 3.34. The molecule has 0 bridgehead atoms. The standard InChI is InChI=1S/C10H13NO2/c1-7-2-9(6-13-7)8-3-10(12)5-11-4-8/h2-3,6,10-12H,4-5H2,1H3. The minimum atomic E-state index is -0.376. The molecule has 2 rings (SSSR count). The summed E-state index contributed by atoms with van der Waals surface area (Å²) in [6, 6.07) is 1.98. The van der Waals surface area contributed by atoms with Crippen molar-refractivity contribution in [3.05, 3.63) is 29.7 Å². The number of aliphatic hydroxyl groups excluding tert-OH is 1. The number of hydrogen-bond acceptors (Lipinski definition) is 3. The van der Waals surface area contributed by atoms with Crippen LogP contribution in [-0.4, -0.2) is 24.3 Å². The summed E-state index contributed by atoms with van der Waals surface area (Å²) in [6.07, 6.45) is 3.22. The molecular weight excluding hydrogens is 166 g/mol. The van der Waals surface area contributed by atoms with Gasteiger partial charge in [0.2, 0.25) is 0 Å². The second-order valence-corrected chi connectivity index (χ2v) is 3.34. The first-order valence-corrected chi connectivity index (χ1v) is 4.40. The Labute approximate surface area is 77.1 Å². The van der Waals surface area contributed by atoms with Gasteiger partial charge in [-0.15, -0.1) is 0 Å². The molecule has 0 saturated carbocycles. The van der Waals surface area contributed by atoms with E-state index in [0.29, 0.717) is 6.54 Å². The molecule has 2 N–H and O–H groups in total. The summed E-state index contributed by atoms with van der Waals surface area (Å²) in [5, 5.41) is 12.5. The Hall–Kier alpha value is -1.06. The Morgan fingerprint density at radius 3 is 3.08 bits per heavy atom. The summed E-state index contributed by atoms with van der Waals surface area (Å²) in [4.78, 5) is 0. The highest BCUT2D eigenvalue weighted by atomic mass is 16.3. The molecule has 0 fully saturated rings. The van der Waals surface area contributed by atoms with Crippen molar-refractivity contribution < 1.29 is 9.52 Å². The van der Waals surface area contributed by atoms with Crippen molar-refractivity contribution in [3.63, 3.8) is 0 Å². The van der Waals surface area contributed by atoms with Gasteiger partial charge in [0, 0.05) is 18.7 Å². The van der Waals surface area contributed by atoms with E-state index in [1.807, 2.05) is 19.1 Å². The van der Waals surface area contributed by atoms with E-state index in [1.165, 1.54) is 0 Å². The second kappa shape index (κ2) is 3.36. The molecule has 0 amide bonds. The molecule has 0 spiro atoms. The number of furan rings is 1. The third-order valence-corrected chi connectivity index (χ3v) is 2.16. The minimum Gasteiger partial charge on any atom is -0.469 e. The van der Waals surface area contributed by atoms with Crippen LogP contribution in [0.5, 0.6) is 0 Å². The topological polar surface area (TPSA) is 45.4 Å². The number of β-amino-alcohol motifs (C(OH)–C–C–N with tert-alkyl or cyclic N) is 1. The molecule has 0 aromatic carbocycles. The molecule has 0 radical (unpaired) electrons. The number of aliphatic hydroxyl groups is 1. The lowest BCUT2D eigenvalue weighted by Gasteiger charge is -2.17. The van der Waals surface area contributed by atoms with Crippen LogP contribution < -0.4 is 5.32 Å². The van der Waals surface area contributed by atoms with Crippen LogP contribution in [0, 0.1) is 6.92 Å². The summed E-state index contributed by atoms with van der Waals surface area (Å²) in [7, 11) is 0. The van der Waals surface area contributed by atoms with Crippen LogP contribution in [0.25, 0.3) is 5.57 Å². The van der Waals surface area contributed by atoms with Crippen LogP contribution in [0.1, 0.15) is 11.3 Å². The van der Waals surface area contributed by atoms with Gasteiger partial charge in [0.15, 0.2) is 0 Å². The maximum absolute atomic E-state index is 9.38. The Morgan fingerprint density at radius 2 is 2.46 bits per heavy atom. The van der Waals surface area contributed by atoms with Gasteiger partial charge in [0.1, 0.15) is 5.76 Å². The van der Waals surface area contributed by atoms with E-state index in [1.54, 1.807) is 6.26 Å². The van der Waals surface area contributed by atoms with E-state index in [9.17, 15) is 5.11 Å². The number of rotatable bonds is 1. The van der Waals surface area contributed by atoms with Gasteiger partial charge < -0.3 is 14.8 Å². The van der Waals surface area contributed by atoms with E-state index in [0.717, 1.165) is 23.4 Å². The van der Waals surface area contributed by atoms with Crippen LogP contribution >= 0.6 is 0 Å². The van der Waals surface area contributed by atoms with Crippen molar-refractivity contribution >= 4 is 5.57 Å². The number of aryl methyl sites for hydroxylation is 1. The van der Waals surface area contributed by atoms with Crippen molar-refractivity contribution in [1.82, 2.24) is 5.32 Å². The van der Waals surface area contributed by atoms with Crippen LogP contribution in [-0.2, 0) is 0 Å². The van der Waals surface area contributed by atoms with Crippen LogP contribution in [0.4, 0.5) is 0 Å². The van der Waals surface area contributed by atoms with Crippen LogP contribution in [0.15, 0.2) is 22.8 Å². The first-order valence-electron chi connectivity index (χ1n) is 4.40. The Balaban J connectivity index is 2.25. The highest BCUT2D eigenvalue weighted by molar-refractivity contribution is 5.67. The highest BCUT2D eigenvalue weighted by Gasteiger charge is 2.12. The molecule has 70 valence electrons. The van der Waals surface area contributed by atoms with Gasteiger partial charge in [0.25, 0.3) is 0 Å². The average Bonchev–Trinajstić information content (AvgIpc) is 2.52. The molecule has 1 atom stereocenters. The predicted molar refractivity (Wildman–Crippen MR) is 50.3 cm³/mol. The highest BCUT2D eigenvalue weighted by Crippen LogP contribution is 2.19. The van der Waals surface area contributed by atoms with E-state index >= 15 is 0 Å². The first-order chi connectivity index (χ1) is 6.25. The van der Waals surface area contributed by atoms with E-state index in [-0.39, 0.29) is 6.10 Å². The van der Waals surface area contributed by atoms with Gasteiger partial charge in [-0.25, -0.2) is 0 Å². The monoisotopic (exact) mass is 179 g/mol. The largest absolute Gasteiger partial charge is 0.469 e. The van der Waals surface area contributed by atoms with Crippen molar-refractivity contribution in [1.29, 1.82) is 0 Å². The molecule has 1 unspecified atom stereocenters. The third-order valence-electron chi connectivity index (χ3n) is 2.16. The predicted octanol–water partition coefficient (Wildman–Crippen LogP) is 0.936. The van der Waals surface area contributed by atoms with Gasteiger partial charge in [-0.3, -0.25) is 0 Å². The van der Waals surface area contributed by atoms with Gasteiger partial charge in [-0.1, -0.05) is 0 Å². The maximum Gasteiger partial charge on any atom is 0.101 e. The summed E-state index contributed by atoms with van der Waals surface area (Å²) in [6.45, 7) is 3.35. The zero-order valence-corrected chi connectivity index (χ0v) is 7.58. The summed E-state index contributed by atoms with van der Waals surface area (Å²) < 4.78 is 5.20. The number of nitrogens with one attached hydrogen (secondary N) is 1. The third kappa shape index (κ3) is 1.82. The Kier molecular flexibility index (Phi) is 2.20. The van der Waals surface area contributed by atoms with E-state index < -0.39 is 0 Å². The molecule has 3 nitrogen and oxygen atoms in total. The van der Waals surface area contributed by atoms with E-state index in [4.69, 9.17) is 4.42 Å². The fraction of sp³-hybridized carbons (Fsp3) is 0.400. The first kappa shape index (κ1) is 8.53.